The van der Waals surface area contributed by atoms with E-state index in [1.54, 1.807) is 42.6 Å². The number of Topliss-reactive ketones (excluding diaryl/α,β-unsaturated/α-hetero) is 2. The molecule has 3 aromatic carbocycles. The van der Waals surface area contributed by atoms with Crippen molar-refractivity contribution < 1.29 is 23.9 Å². The molecule has 1 heterocycles. The van der Waals surface area contributed by atoms with Gasteiger partial charge in [-0.1, -0.05) is 42.0 Å². The Bertz CT molecular complexity index is 1390. The number of ether oxygens (including phenoxy) is 2. The van der Waals surface area contributed by atoms with E-state index in [1.807, 2.05) is 75.6 Å². The third-order valence-electron chi connectivity index (χ3n) is 7.63. The average Bonchev–Trinajstić information content (AvgIpc) is 3.37. The highest BCUT2D eigenvalue weighted by atomic mass is 32.2. The largest absolute Gasteiger partial charge is 0.480 e. The number of likely N-dealkylation sites (tertiary alicyclic amines) is 1. The number of carbonyl (C=O) groups is 3. The van der Waals surface area contributed by atoms with E-state index in [0.29, 0.717) is 23.6 Å². The number of nitrogens with zero attached hydrogens (tertiary/aromatic N) is 1. The van der Waals surface area contributed by atoms with Crippen molar-refractivity contribution in [2.75, 3.05) is 19.3 Å². The molecular formula is C33H37NO5S. The standard InChI is InChI=1S/C33H37NO5S/c1-20-8-12-26(13-9-20)38-32(37)34-18-28(29(19-34)30(36)24-10-14-27(40-7)15-11-24)25-16-21(2)31(22(3)17-25)39-33(5,6)23(4)35/h8-17,28-29H,18-19H2,1-7H3/t28-,29+/m1/s1. The first-order valence-corrected chi connectivity index (χ1v) is 14.6. The number of carbonyl (C=O) groups excluding carboxylic acids is 3. The molecule has 2 atom stereocenters. The number of rotatable bonds is 8. The molecule has 0 aliphatic carbocycles. The van der Waals surface area contributed by atoms with Crippen LogP contribution in [0.1, 0.15) is 59.3 Å². The number of amides is 1. The first kappa shape index (κ1) is 29.4. The van der Waals surface area contributed by atoms with E-state index < -0.39 is 17.6 Å². The molecular weight excluding hydrogens is 522 g/mol. The lowest BCUT2D eigenvalue weighted by Gasteiger charge is -2.27. The van der Waals surface area contributed by atoms with E-state index in [9.17, 15) is 14.4 Å². The molecule has 0 unspecified atom stereocenters. The predicted octanol–water partition coefficient (Wildman–Crippen LogP) is 7.18. The molecule has 1 aliphatic rings. The summed E-state index contributed by atoms with van der Waals surface area (Å²) in [6.07, 6.45) is 1.52. The van der Waals surface area contributed by atoms with Gasteiger partial charge in [-0.3, -0.25) is 9.59 Å². The molecule has 0 saturated carbocycles. The van der Waals surface area contributed by atoms with Crippen molar-refractivity contribution in [3.05, 3.63) is 88.5 Å². The van der Waals surface area contributed by atoms with Gasteiger partial charge in [-0.05, 0) is 88.8 Å². The summed E-state index contributed by atoms with van der Waals surface area (Å²) in [6.45, 7) is 11.5. The molecule has 1 saturated heterocycles. The minimum absolute atomic E-state index is 0.00312. The maximum atomic E-state index is 13.8. The summed E-state index contributed by atoms with van der Waals surface area (Å²) in [4.78, 5) is 41.9. The van der Waals surface area contributed by atoms with Gasteiger partial charge in [-0.2, -0.15) is 0 Å². The Labute approximate surface area is 241 Å². The molecule has 4 rings (SSSR count). The second-order valence-electron chi connectivity index (χ2n) is 11.0. The van der Waals surface area contributed by atoms with E-state index in [0.717, 1.165) is 27.1 Å². The zero-order valence-electron chi connectivity index (χ0n) is 24.2. The lowest BCUT2D eigenvalue weighted by molar-refractivity contribution is -0.129. The number of ketones is 2. The molecule has 40 heavy (non-hydrogen) atoms. The van der Waals surface area contributed by atoms with E-state index in [4.69, 9.17) is 9.47 Å². The van der Waals surface area contributed by atoms with Gasteiger partial charge in [0.15, 0.2) is 17.2 Å². The highest BCUT2D eigenvalue weighted by Gasteiger charge is 2.42. The van der Waals surface area contributed by atoms with Crippen LogP contribution in [0, 0.1) is 26.7 Å². The fourth-order valence-corrected chi connectivity index (χ4v) is 5.39. The van der Waals surface area contributed by atoms with Gasteiger partial charge in [0.1, 0.15) is 11.5 Å². The third kappa shape index (κ3) is 6.41. The molecule has 1 amide bonds. The van der Waals surface area contributed by atoms with Crippen LogP contribution in [0.2, 0.25) is 0 Å². The Morgan fingerprint density at radius 1 is 0.900 bits per heavy atom. The molecule has 3 aromatic rings. The fourth-order valence-electron chi connectivity index (χ4n) is 4.98. The van der Waals surface area contributed by atoms with Crippen LogP contribution in [0.4, 0.5) is 4.79 Å². The van der Waals surface area contributed by atoms with Crippen molar-refractivity contribution >= 4 is 29.4 Å². The highest BCUT2D eigenvalue weighted by Crippen LogP contribution is 2.39. The zero-order valence-corrected chi connectivity index (χ0v) is 25.1. The lowest BCUT2D eigenvalue weighted by Crippen LogP contribution is -2.36. The number of hydrogen-bond acceptors (Lipinski definition) is 6. The van der Waals surface area contributed by atoms with Crippen molar-refractivity contribution in [3.63, 3.8) is 0 Å². The smallest absolute Gasteiger partial charge is 0.415 e. The van der Waals surface area contributed by atoms with Crippen LogP contribution in [-0.2, 0) is 4.79 Å². The van der Waals surface area contributed by atoms with Gasteiger partial charge >= 0.3 is 6.09 Å². The van der Waals surface area contributed by atoms with Crippen molar-refractivity contribution in [1.82, 2.24) is 4.90 Å². The molecule has 0 radical (unpaired) electrons. The molecule has 1 fully saturated rings. The van der Waals surface area contributed by atoms with Crippen LogP contribution < -0.4 is 9.47 Å². The maximum Gasteiger partial charge on any atom is 0.415 e. The lowest BCUT2D eigenvalue weighted by atomic mass is 9.82. The average molecular weight is 560 g/mol. The van der Waals surface area contributed by atoms with E-state index >= 15 is 0 Å². The summed E-state index contributed by atoms with van der Waals surface area (Å²) < 4.78 is 11.8. The Hall–Kier alpha value is -3.58. The Kier molecular flexibility index (Phi) is 8.74. The van der Waals surface area contributed by atoms with Crippen molar-refractivity contribution in [1.29, 1.82) is 0 Å². The monoisotopic (exact) mass is 559 g/mol. The quantitative estimate of drug-likeness (QED) is 0.215. The zero-order chi connectivity index (χ0) is 29.2. The molecule has 1 aliphatic heterocycles. The highest BCUT2D eigenvalue weighted by molar-refractivity contribution is 7.98. The van der Waals surface area contributed by atoms with Crippen molar-refractivity contribution in [3.8, 4) is 11.5 Å². The third-order valence-corrected chi connectivity index (χ3v) is 8.37. The first-order chi connectivity index (χ1) is 18.9. The van der Waals surface area contributed by atoms with Crippen LogP contribution in [-0.4, -0.2) is 47.5 Å². The normalized spacial score (nSPS) is 17.0. The van der Waals surface area contributed by atoms with Gasteiger partial charge in [0.05, 0.1) is 0 Å². The second kappa shape index (κ2) is 11.9. The maximum absolute atomic E-state index is 13.8. The summed E-state index contributed by atoms with van der Waals surface area (Å²) in [5.74, 6) is 0.392. The summed E-state index contributed by atoms with van der Waals surface area (Å²) in [7, 11) is 0. The molecule has 7 heteroatoms. The van der Waals surface area contributed by atoms with Gasteiger partial charge in [-0.25, -0.2) is 4.79 Å². The van der Waals surface area contributed by atoms with Crippen molar-refractivity contribution in [2.24, 2.45) is 5.92 Å². The second-order valence-corrected chi connectivity index (χ2v) is 11.9. The number of aryl methyl sites for hydroxylation is 3. The minimum Gasteiger partial charge on any atom is -0.480 e. The summed E-state index contributed by atoms with van der Waals surface area (Å²) in [5.41, 5.74) is 3.44. The number of hydrogen-bond donors (Lipinski definition) is 0. The Morgan fingerprint density at radius 2 is 1.50 bits per heavy atom. The van der Waals surface area contributed by atoms with E-state index in [2.05, 4.69) is 0 Å². The van der Waals surface area contributed by atoms with Gasteiger partial charge < -0.3 is 14.4 Å². The number of thioether (sulfide) groups is 1. The van der Waals surface area contributed by atoms with E-state index in [-0.39, 0.29) is 24.0 Å². The van der Waals surface area contributed by atoms with Crippen LogP contribution in [0.3, 0.4) is 0 Å². The SMILES string of the molecule is CSc1ccc(C(=O)[C@H]2CN(C(=O)Oc3ccc(C)cc3)C[C@@H]2c2cc(C)c(OC(C)(C)C(C)=O)c(C)c2)cc1. The Morgan fingerprint density at radius 3 is 2.05 bits per heavy atom. The Balaban J connectivity index is 1.66. The molecule has 210 valence electrons. The first-order valence-electron chi connectivity index (χ1n) is 13.4. The summed E-state index contributed by atoms with van der Waals surface area (Å²) >= 11 is 1.62. The van der Waals surface area contributed by atoms with Gasteiger partial charge in [0, 0.05) is 35.4 Å². The summed E-state index contributed by atoms with van der Waals surface area (Å²) in [6, 6.07) is 18.9. The predicted molar refractivity (Wildman–Crippen MR) is 159 cm³/mol. The number of benzene rings is 3. The molecule has 6 nitrogen and oxygen atoms in total. The molecule has 0 spiro atoms. The van der Waals surface area contributed by atoms with Crippen LogP contribution in [0.25, 0.3) is 0 Å². The van der Waals surface area contributed by atoms with Crippen LogP contribution >= 0.6 is 11.8 Å². The van der Waals surface area contributed by atoms with Crippen LogP contribution in [0.5, 0.6) is 11.5 Å². The van der Waals surface area contributed by atoms with Crippen molar-refractivity contribution in [2.45, 2.75) is 58.0 Å². The topological polar surface area (TPSA) is 72.9 Å². The van der Waals surface area contributed by atoms with Gasteiger partial charge in [0.25, 0.3) is 0 Å². The molecule has 0 bridgehead atoms. The van der Waals surface area contributed by atoms with Gasteiger partial charge in [0.2, 0.25) is 0 Å². The van der Waals surface area contributed by atoms with Crippen LogP contribution in [0.15, 0.2) is 65.6 Å². The summed E-state index contributed by atoms with van der Waals surface area (Å²) in [5, 5.41) is 0. The molecule has 0 aromatic heterocycles. The fraction of sp³-hybridized carbons (Fsp3) is 0.364. The van der Waals surface area contributed by atoms with E-state index in [1.165, 1.54) is 6.92 Å². The van der Waals surface area contributed by atoms with Gasteiger partial charge in [-0.15, -0.1) is 11.8 Å². The molecule has 0 N–H and O–H groups in total. The minimum atomic E-state index is -0.956.